The molecular formula is C15H13NO3. The fraction of sp³-hybridized carbons (Fsp3) is 0.133. The van der Waals surface area contributed by atoms with Crippen molar-refractivity contribution in [3.05, 3.63) is 54.1 Å². The maximum Gasteiger partial charge on any atom is 0.255 e. The normalized spacial score (nSPS) is 12.8. The maximum atomic E-state index is 12.0. The van der Waals surface area contributed by atoms with Gasteiger partial charge in [0.1, 0.15) is 13.2 Å². The van der Waals surface area contributed by atoms with E-state index in [4.69, 9.17) is 9.47 Å². The van der Waals surface area contributed by atoms with Crippen molar-refractivity contribution in [2.45, 2.75) is 0 Å². The highest BCUT2D eigenvalue weighted by Gasteiger charge is 2.13. The quantitative estimate of drug-likeness (QED) is 0.897. The highest BCUT2D eigenvalue weighted by molar-refractivity contribution is 6.04. The van der Waals surface area contributed by atoms with Gasteiger partial charge in [0.05, 0.1) is 0 Å². The molecule has 0 aliphatic carbocycles. The van der Waals surface area contributed by atoms with E-state index >= 15 is 0 Å². The number of ether oxygens (including phenoxy) is 2. The van der Waals surface area contributed by atoms with Crippen molar-refractivity contribution in [3.8, 4) is 11.5 Å². The van der Waals surface area contributed by atoms with Crippen molar-refractivity contribution in [2.24, 2.45) is 0 Å². The van der Waals surface area contributed by atoms with Crippen molar-refractivity contribution in [2.75, 3.05) is 18.5 Å². The highest BCUT2D eigenvalue weighted by atomic mass is 16.6. The Morgan fingerprint density at radius 3 is 2.47 bits per heavy atom. The summed E-state index contributed by atoms with van der Waals surface area (Å²) in [5.74, 6) is 1.23. The first kappa shape index (κ1) is 11.6. The van der Waals surface area contributed by atoms with Crippen molar-refractivity contribution in [3.63, 3.8) is 0 Å². The lowest BCUT2D eigenvalue weighted by Crippen LogP contribution is -2.16. The average molecular weight is 255 g/mol. The van der Waals surface area contributed by atoms with Gasteiger partial charge in [0.15, 0.2) is 11.5 Å². The van der Waals surface area contributed by atoms with E-state index < -0.39 is 0 Å². The van der Waals surface area contributed by atoms with Crippen LogP contribution in [0.15, 0.2) is 48.5 Å². The molecule has 1 aliphatic heterocycles. The Hall–Kier alpha value is -2.49. The van der Waals surface area contributed by atoms with Crippen molar-refractivity contribution in [1.82, 2.24) is 0 Å². The third-order valence-corrected chi connectivity index (χ3v) is 2.84. The Bertz CT molecular complexity index is 596. The van der Waals surface area contributed by atoms with Crippen LogP contribution in [-0.4, -0.2) is 19.1 Å². The van der Waals surface area contributed by atoms with E-state index in [1.165, 1.54) is 0 Å². The number of carbonyl (C=O) groups excluding carboxylic acids is 1. The Kier molecular flexibility index (Phi) is 3.06. The predicted octanol–water partition coefficient (Wildman–Crippen LogP) is 2.71. The van der Waals surface area contributed by atoms with Crippen molar-refractivity contribution < 1.29 is 14.3 Å². The minimum atomic E-state index is -0.141. The third kappa shape index (κ3) is 2.52. The minimum Gasteiger partial charge on any atom is -0.486 e. The van der Waals surface area contributed by atoms with Crippen LogP contribution in [0.1, 0.15) is 10.4 Å². The summed E-state index contributed by atoms with van der Waals surface area (Å²) < 4.78 is 10.9. The second kappa shape index (κ2) is 5.02. The summed E-state index contributed by atoms with van der Waals surface area (Å²) >= 11 is 0. The molecule has 0 spiro atoms. The number of rotatable bonds is 2. The predicted molar refractivity (Wildman–Crippen MR) is 71.8 cm³/mol. The second-order valence-electron chi connectivity index (χ2n) is 4.18. The first-order chi connectivity index (χ1) is 9.33. The van der Waals surface area contributed by atoms with E-state index in [0.717, 1.165) is 0 Å². The van der Waals surface area contributed by atoms with Crippen LogP contribution in [0.25, 0.3) is 0 Å². The van der Waals surface area contributed by atoms with Crippen LogP contribution in [0.4, 0.5) is 5.69 Å². The standard InChI is InChI=1S/C15H13NO3/c17-15(11-4-2-1-3-5-11)16-12-6-7-13-14(10-12)19-9-8-18-13/h1-7,10H,8-9H2,(H,16,17). The van der Waals surface area contributed by atoms with Gasteiger partial charge < -0.3 is 14.8 Å². The largest absolute Gasteiger partial charge is 0.486 e. The monoisotopic (exact) mass is 255 g/mol. The number of hydrogen-bond acceptors (Lipinski definition) is 3. The summed E-state index contributed by atoms with van der Waals surface area (Å²) in [7, 11) is 0. The molecular weight excluding hydrogens is 242 g/mol. The lowest BCUT2D eigenvalue weighted by Gasteiger charge is -2.19. The van der Waals surface area contributed by atoms with Gasteiger partial charge in [-0.05, 0) is 24.3 Å². The molecule has 2 aromatic rings. The molecule has 0 unspecified atom stereocenters. The SMILES string of the molecule is O=C(Nc1ccc2c(c1)OCCO2)c1ccccc1. The van der Waals surface area contributed by atoms with Crippen LogP contribution >= 0.6 is 0 Å². The van der Waals surface area contributed by atoms with Gasteiger partial charge in [0, 0.05) is 17.3 Å². The van der Waals surface area contributed by atoms with Crippen LogP contribution in [0.3, 0.4) is 0 Å². The van der Waals surface area contributed by atoms with Crippen LogP contribution in [0, 0.1) is 0 Å². The van der Waals surface area contributed by atoms with Crippen LogP contribution in [-0.2, 0) is 0 Å². The molecule has 0 atom stereocenters. The maximum absolute atomic E-state index is 12.0. The molecule has 0 aromatic heterocycles. The van der Waals surface area contributed by atoms with Crippen LogP contribution < -0.4 is 14.8 Å². The number of fused-ring (bicyclic) bond motifs is 1. The lowest BCUT2D eigenvalue weighted by molar-refractivity contribution is 0.102. The Morgan fingerprint density at radius 1 is 0.947 bits per heavy atom. The Balaban J connectivity index is 1.78. The van der Waals surface area contributed by atoms with Crippen LogP contribution in [0.2, 0.25) is 0 Å². The van der Waals surface area contributed by atoms with Gasteiger partial charge in [-0.15, -0.1) is 0 Å². The fourth-order valence-electron chi connectivity index (χ4n) is 1.91. The van der Waals surface area contributed by atoms with E-state index in [0.29, 0.717) is 36.0 Å². The summed E-state index contributed by atoms with van der Waals surface area (Å²) in [5, 5.41) is 2.83. The molecule has 0 bridgehead atoms. The molecule has 3 rings (SSSR count). The van der Waals surface area contributed by atoms with Crippen molar-refractivity contribution in [1.29, 1.82) is 0 Å². The number of amides is 1. The van der Waals surface area contributed by atoms with Gasteiger partial charge in [0.25, 0.3) is 5.91 Å². The van der Waals surface area contributed by atoms with Crippen LogP contribution in [0.5, 0.6) is 11.5 Å². The number of anilines is 1. The van der Waals surface area contributed by atoms with E-state index in [9.17, 15) is 4.79 Å². The molecule has 0 saturated carbocycles. The van der Waals surface area contributed by atoms with E-state index in [-0.39, 0.29) is 5.91 Å². The van der Waals surface area contributed by atoms with E-state index in [1.54, 1.807) is 30.3 Å². The van der Waals surface area contributed by atoms with Gasteiger partial charge in [-0.1, -0.05) is 18.2 Å². The van der Waals surface area contributed by atoms with E-state index in [1.807, 2.05) is 18.2 Å². The molecule has 19 heavy (non-hydrogen) atoms. The first-order valence-corrected chi connectivity index (χ1v) is 6.09. The Morgan fingerprint density at radius 2 is 1.68 bits per heavy atom. The molecule has 4 heteroatoms. The zero-order valence-corrected chi connectivity index (χ0v) is 10.3. The molecule has 1 N–H and O–H groups in total. The molecule has 1 amide bonds. The molecule has 1 aliphatic rings. The average Bonchev–Trinajstić information content (AvgIpc) is 2.48. The highest BCUT2D eigenvalue weighted by Crippen LogP contribution is 2.32. The Labute approximate surface area is 111 Å². The van der Waals surface area contributed by atoms with Crippen molar-refractivity contribution >= 4 is 11.6 Å². The number of carbonyl (C=O) groups is 1. The van der Waals surface area contributed by atoms with E-state index in [2.05, 4.69) is 5.32 Å². The fourth-order valence-corrected chi connectivity index (χ4v) is 1.91. The third-order valence-electron chi connectivity index (χ3n) is 2.84. The molecule has 96 valence electrons. The minimum absolute atomic E-state index is 0.141. The van der Waals surface area contributed by atoms with Gasteiger partial charge in [-0.25, -0.2) is 0 Å². The summed E-state index contributed by atoms with van der Waals surface area (Å²) in [4.78, 5) is 12.0. The first-order valence-electron chi connectivity index (χ1n) is 6.09. The zero-order chi connectivity index (χ0) is 13.1. The molecule has 0 saturated heterocycles. The lowest BCUT2D eigenvalue weighted by atomic mass is 10.2. The van der Waals surface area contributed by atoms with Gasteiger partial charge >= 0.3 is 0 Å². The number of benzene rings is 2. The topological polar surface area (TPSA) is 47.6 Å². The second-order valence-corrected chi connectivity index (χ2v) is 4.18. The summed E-state index contributed by atoms with van der Waals surface area (Å²) in [6, 6.07) is 14.5. The smallest absolute Gasteiger partial charge is 0.255 e. The molecule has 1 heterocycles. The molecule has 0 fully saturated rings. The summed E-state index contributed by atoms with van der Waals surface area (Å²) in [6.07, 6.45) is 0. The van der Waals surface area contributed by atoms with Gasteiger partial charge in [-0.3, -0.25) is 4.79 Å². The zero-order valence-electron chi connectivity index (χ0n) is 10.3. The van der Waals surface area contributed by atoms with Gasteiger partial charge in [0.2, 0.25) is 0 Å². The number of nitrogens with one attached hydrogen (secondary N) is 1. The molecule has 2 aromatic carbocycles. The number of hydrogen-bond donors (Lipinski definition) is 1. The molecule has 0 radical (unpaired) electrons. The summed E-state index contributed by atoms with van der Waals surface area (Å²) in [5.41, 5.74) is 1.32. The molecule has 4 nitrogen and oxygen atoms in total. The summed E-state index contributed by atoms with van der Waals surface area (Å²) in [6.45, 7) is 1.09. The van der Waals surface area contributed by atoms with Gasteiger partial charge in [-0.2, -0.15) is 0 Å².